The van der Waals surface area contributed by atoms with E-state index in [0.29, 0.717) is 22.9 Å². The number of methoxy groups -OCH3 is 2. The Morgan fingerprint density at radius 3 is 2.32 bits per heavy atom. The van der Waals surface area contributed by atoms with E-state index in [1.54, 1.807) is 18.2 Å². The maximum absolute atomic E-state index is 14.6. The first kappa shape index (κ1) is 19.3. The van der Waals surface area contributed by atoms with E-state index in [0.717, 1.165) is 6.07 Å². The zero-order chi connectivity index (χ0) is 20.3. The molecular formula is C21H18F2N2O3. The van der Waals surface area contributed by atoms with E-state index in [-0.39, 0.29) is 11.1 Å². The third kappa shape index (κ3) is 3.78. The van der Waals surface area contributed by atoms with E-state index < -0.39 is 17.5 Å². The molecule has 1 amide bonds. The minimum Gasteiger partial charge on any atom is -0.497 e. The number of hydrogen-bond acceptors (Lipinski definition) is 4. The van der Waals surface area contributed by atoms with Crippen LogP contribution in [0.5, 0.6) is 11.6 Å². The van der Waals surface area contributed by atoms with Crippen molar-refractivity contribution < 1.29 is 23.0 Å². The summed E-state index contributed by atoms with van der Waals surface area (Å²) in [4.78, 5) is 18.0. The molecule has 0 fully saturated rings. The lowest BCUT2D eigenvalue weighted by molar-refractivity contribution is 0.0989. The summed E-state index contributed by atoms with van der Waals surface area (Å²) in [6.07, 6.45) is 1.45. The molecule has 7 heteroatoms. The minimum atomic E-state index is -0.744. The minimum absolute atomic E-state index is 0.129. The van der Waals surface area contributed by atoms with Crippen molar-refractivity contribution in [2.24, 2.45) is 0 Å². The highest BCUT2D eigenvalue weighted by Gasteiger charge is 2.19. The predicted octanol–water partition coefficient (Wildman–Crippen LogP) is 4.32. The Balaban J connectivity index is 1.88. The smallest absolute Gasteiger partial charge is 0.261 e. The zero-order valence-electron chi connectivity index (χ0n) is 15.6. The number of nitrogens with zero attached hydrogens (tertiary/aromatic N) is 2. The maximum atomic E-state index is 14.6. The number of anilines is 1. The Morgan fingerprint density at radius 2 is 1.75 bits per heavy atom. The van der Waals surface area contributed by atoms with Gasteiger partial charge in [-0.3, -0.25) is 4.79 Å². The number of pyridine rings is 1. The van der Waals surface area contributed by atoms with Crippen LogP contribution in [0.2, 0.25) is 0 Å². The maximum Gasteiger partial charge on any atom is 0.261 e. The zero-order valence-corrected chi connectivity index (χ0v) is 15.6. The largest absolute Gasteiger partial charge is 0.497 e. The third-order valence-electron chi connectivity index (χ3n) is 4.31. The second kappa shape index (κ2) is 8.04. The van der Waals surface area contributed by atoms with Crippen LogP contribution in [0, 0.1) is 11.6 Å². The van der Waals surface area contributed by atoms with Crippen molar-refractivity contribution in [1.29, 1.82) is 0 Å². The molecule has 28 heavy (non-hydrogen) atoms. The number of rotatable bonds is 5. The number of carbonyl (C=O) groups excluding carboxylic acids is 1. The summed E-state index contributed by atoms with van der Waals surface area (Å²) in [5.41, 5.74) is 0.890. The van der Waals surface area contributed by atoms with Crippen molar-refractivity contribution in [2.45, 2.75) is 0 Å². The van der Waals surface area contributed by atoms with Crippen LogP contribution in [0.15, 0.2) is 54.7 Å². The van der Waals surface area contributed by atoms with Crippen molar-refractivity contribution in [3.63, 3.8) is 0 Å². The van der Waals surface area contributed by atoms with Gasteiger partial charge in [0.2, 0.25) is 5.88 Å². The average molecular weight is 384 g/mol. The summed E-state index contributed by atoms with van der Waals surface area (Å²) in [5, 5.41) is 0. The van der Waals surface area contributed by atoms with Gasteiger partial charge in [-0.1, -0.05) is 6.07 Å². The van der Waals surface area contributed by atoms with Crippen LogP contribution in [-0.2, 0) is 0 Å². The number of benzene rings is 2. The molecule has 0 saturated carbocycles. The monoisotopic (exact) mass is 384 g/mol. The molecule has 0 aliphatic heterocycles. The first-order chi connectivity index (χ1) is 13.4. The van der Waals surface area contributed by atoms with Gasteiger partial charge in [0.05, 0.1) is 31.7 Å². The van der Waals surface area contributed by atoms with Gasteiger partial charge in [-0.15, -0.1) is 0 Å². The molecule has 0 aliphatic carbocycles. The van der Waals surface area contributed by atoms with Crippen molar-refractivity contribution >= 4 is 11.6 Å². The fourth-order valence-electron chi connectivity index (χ4n) is 2.70. The topological polar surface area (TPSA) is 51.7 Å². The molecule has 0 N–H and O–H groups in total. The van der Waals surface area contributed by atoms with Crippen molar-refractivity contribution in [1.82, 2.24) is 4.98 Å². The Morgan fingerprint density at radius 1 is 0.964 bits per heavy atom. The fourth-order valence-corrected chi connectivity index (χ4v) is 2.70. The SMILES string of the molecule is COc1ccc(-c2ccc(C(=O)N(C)c3ccc(OC)nc3)c(F)c2)c(F)c1. The highest BCUT2D eigenvalue weighted by atomic mass is 19.1. The second-order valence-corrected chi connectivity index (χ2v) is 5.96. The summed E-state index contributed by atoms with van der Waals surface area (Å²) in [7, 11) is 4.44. The Hall–Kier alpha value is -3.48. The molecule has 0 aliphatic rings. The van der Waals surface area contributed by atoms with Crippen LogP contribution >= 0.6 is 0 Å². The number of carbonyl (C=O) groups is 1. The first-order valence-corrected chi connectivity index (χ1v) is 8.36. The number of aromatic nitrogens is 1. The quantitative estimate of drug-likeness (QED) is 0.657. The molecule has 0 atom stereocenters. The molecule has 0 radical (unpaired) electrons. The van der Waals surface area contributed by atoms with Crippen LogP contribution in [-0.4, -0.2) is 32.2 Å². The van der Waals surface area contributed by atoms with E-state index >= 15 is 0 Å². The van der Waals surface area contributed by atoms with Gasteiger partial charge in [-0.25, -0.2) is 13.8 Å². The molecule has 3 aromatic rings. The van der Waals surface area contributed by atoms with Gasteiger partial charge in [-0.2, -0.15) is 0 Å². The van der Waals surface area contributed by atoms with E-state index in [1.165, 1.54) is 56.6 Å². The van der Waals surface area contributed by atoms with Gasteiger partial charge >= 0.3 is 0 Å². The molecule has 2 aromatic carbocycles. The molecule has 0 spiro atoms. The number of amides is 1. The Kier molecular flexibility index (Phi) is 5.54. The van der Waals surface area contributed by atoms with Crippen LogP contribution in [0.25, 0.3) is 11.1 Å². The van der Waals surface area contributed by atoms with Gasteiger partial charge in [0.15, 0.2) is 0 Å². The lowest BCUT2D eigenvalue weighted by atomic mass is 10.0. The van der Waals surface area contributed by atoms with Crippen LogP contribution in [0.1, 0.15) is 10.4 Å². The molecule has 0 saturated heterocycles. The molecule has 0 unspecified atom stereocenters. The third-order valence-corrected chi connectivity index (χ3v) is 4.31. The molecule has 1 aromatic heterocycles. The van der Waals surface area contributed by atoms with E-state index in [9.17, 15) is 13.6 Å². The van der Waals surface area contributed by atoms with Gasteiger partial charge < -0.3 is 14.4 Å². The Labute approximate surface area is 161 Å². The van der Waals surface area contributed by atoms with Gasteiger partial charge in [0, 0.05) is 24.7 Å². The standard InChI is InChI=1S/C21H18F2N2O3/c1-25(14-5-9-20(28-3)24-12-14)21(26)17-7-4-13(10-18(17)22)16-8-6-15(27-2)11-19(16)23/h4-12H,1-3H3. The normalized spacial score (nSPS) is 10.5. The highest BCUT2D eigenvalue weighted by Crippen LogP contribution is 2.28. The van der Waals surface area contributed by atoms with Gasteiger partial charge in [-0.05, 0) is 35.9 Å². The Bertz CT molecular complexity index is 1010. The summed E-state index contributed by atoms with van der Waals surface area (Å²) < 4.78 is 38.8. The molecule has 3 rings (SSSR count). The molecule has 5 nitrogen and oxygen atoms in total. The summed E-state index contributed by atoms with van der Waals surface area (Å²) in [6.45, 7) is 0. The van der Waals surface area contributed by atoms with E-state index in [2.05, 4.69) is 4.98 Å². The second-order valence-electron chi connectivity index (χ2n) is 5.96. The fraction of sp³-hybridized carbons (Fsp3) is 0.143. The highest BCUT2D eigenvalue weighted by molar-refractivity contribution is 6.06. The summed E-state index contributed by atoms with van der Waals surface area (Å²) in [6, 6.07) is 11.5. The van der Waals surface area contributed by atoms with E-state index in [1.807, 2.05) is 0 Å². The predicted molar refractivity (Wildman–Crippen MR) is 102 cm³/mol. The van der Waals surface area contributed by atoms with Crippen LogP contribution in [0.3, 0.4) is 0 Å². The summed E-state index contributed by atoms with van der Waals surface area (Å²) in [5.74, 6) is -1.07. The van der Waals surface area contributed by atoms with Gasteiger partial charge in [0.25, 0.3) is 5.91 Å². The van der Waals surface area contributed by atoms with Crippen LogP contribution in [0.4, 0.5) is 14.5 Å². The lowest BCUT2D eigenvalue weighted by Gasteiger charge is -2.18. The van der Waals surface area contributed by atoms with Crippen molar-refractivity contribution in [2.75, 3.05) is 26.2 Å². The number of hydrogen-bond donors (Lipinski definition) is 0. The molecule has 0 bridgehead atoms. The lowest BCUT2D eigenvalue weighted by Crippen LogP contribution is -2.27. The molecular weight excluding hydrogens is 366 g/mol. The molecule has 1 heterocycles. The van der Waals surface area contributed by atoms with Crippen LogP contribution < -0.4 is 14.4 Å². The summed E-state index contributed by atoms with van der Waals surface area (Å²) >= 11 is 0. The van der Waals surface area contributed by atoms with Gasteiger partial charge in [0.1, 0.15) is 17.4 Å². The number of halogens is 2. The number of ether oxygens (including phenoxy) is 2. The average Bonchev–Trinajstić information content (AvgIpc) is 2.72. The van der Waals surface area contributed by atoms with E-state index in [4.69, 9.17) is 9.47 Å². The molecule has 144 valence electrons. The first-order valence-electron chi connectivity index (χ1n) is 8.36. The van der Waals surface area contributed by atoms with Crippen molar-refractivity contribution in [3.8, 4) is 22.8 Å². The van der Waals surface area contributed by atoms with Crippen molar-refractivity contribution in [3.05, 3.63) is 71.9 Å².